The molecule has 1 unspecified atom stereocenters. The Hall–Kier alpha value is -2.32. The molecule has 1 aliphatic rings. The molecule has 0 bridgehead atoms. The lowest BCUT2D eigenvalue weighted by Crippen LogP contribution is -2.50. The summed E-state index contributed by atoms with van der Waals surface area (Å²) in [6.07, 6.45) is -0.330. The number of hydrogen-bond acceptors (Lipinski definition) is 5. The van der Waals surface area contributed by atoms with Crippen LogP contribution in [0.15, 0.2) is 0 Å². The minimum atomic E-state index is -1.38. The zero-order valence-corrected chi connectivity index (χ0v) is 10.3. The van der Waals surface area contributed by atoms with E-state index in [1.165, 1.54) is 0 Å². The van der Waals surface area contributed by atoms with Gasteiger partial charge in [0.15, 0.2) is 0 Å². The number of nitrogens with one attached hydrogen (secondary N) is 3. The molecule has 1 fully saturated rings. The Morgan fingerprint density at radius 3 is 2.68 bits per heavy atom. The van der Waals surface area contributed by atoms with Gasteiger partial charge in [0, 0.05) is 13.0 Å². The highest BCUT2D eigenvalue weighted by atomic mass is 16.5. The average Bonchev–Trinajstić information content (AvgIpc) is 2.73. The molecule has 1 heterocycles. The van der Waals surface area contributed by atoms with Gasteiger partial charge in [-0.3, -0.25) is 9.59 Å². The zero-order chi connectivity index (χ0) is 14.4. The van der Waals surface area contributed by atoms with Crippen molar-refractivity contribution < 1.29 is 29.0 Å². The maximum absolute atomic E-state index is 11.5. The van der Waals surface area contributed by atoms with Crippen LogP contribution in [-0.2, 0) is 19.1 Å². The number of amides is 3. The van der Waals surface area contributed by atoms with Crippen LogP contribution in [0.5, 0.6) is 0 Å². The highest BCUT2D eigenvalue weighted by Gasteiger charge is 2.27. The number of esters is 1. The van der Waals surface area contributed by atoms with Crippen molar-refractivity contribution >= 4 is 23.9 Å². The molecule has 0 aromatic rings. The van der Waals surface area contributed by atoms with Crippen molar-refractivity contribution in [3.63, 3.8) is 0 Å². The van der Waals surface area contributed by atoms with Crippen molar-refractivity contribution in [1.82, 2.24) is 16.0 Å². The van der Waals surface area contributed by atoms with Crippen LogP contribution in [0.3, 0.4) is 0 Å². The number of carboxylic acid groups (broad SMARTS) is 1. The molecule has 0 radical (unpaired) electrons. The predicted octanol–water partition coefficient (Wildman–Crippen LogP) is -1.81. The molecule has 2 atom stereocenters. The molecular formula is C10H15N3O6. The minimum Gasteiger partial charge on any atom is -0.480 e. The van der Waals surface area contributed by atoms with Gasteiger partial charge in [-0.25, -0.2) is 9.59 Å². The van der Waals surface area contributed by atoms with Crippen molar-refractivity contribution in [2.75, 3.05) is 13.7 Å². The van der Waals surface area contributed by atoms with Crippen LogP contribution in [0.25, 0.3) is 0 Å². The zero-order valence-electron chi connectivity index (χ0n) is 10.3. The summed E-state index contributed by atoms with van der Waals surface area (Å²) in [5, 5.41) is 15.9. The Bertz CT molecular complexity index is 397. The lowest BCUT2D eigenvalue weighted by Gasteiger charge is -2.16. The fraction of sp³-hybridized carbons (Fsp3) is 0.600. The Morgan fingerprint density at radius 1 is 1.53 bits per heavy atom. The summed E-state index contributed by atoms with van der Waals surface area (Å²) in [6, 6.07) is -2.52. The number of hydrogen-bond donors (Lipinski definition) is 4. The Balaban J connectivity index is 2.45. The first-order valence-corrected chi connectivity index (χ1v) is 5.55. The van der Waals surface area contributed by atoms with Gasteiger partial charge in [-0.05, 0) is 0 Å². The molecule has 9 nitrogen and oxygen atoms in total. The first-order chi connectivity index (χ1) is 8.92. The van der Waals surface area contributed by atoms with Crippen LogP contribution >= 0.6 is 0 Å². The Labute approximate surface area is 108 Å². The van der Waals surface area contributed by atoms with Gasteiger partial charge < -0.3 is 25.8 Å². The quantitative estimate of drug-likeness (QED) is 0.436. The molecule has 1 aliphatic heterocycles. The van der Waals surface area contributed by atoms with Crippen molar-refractivity contribution in [2.45, 2.75) is 24.9 Å². The van der Waals surface area contributed by atoms with Gasteiger partial charge in [0.1, 0.15) is 6.04 Å². The second-order valence-electron chi connectivity index (χ2n) is 3.99. The monoisotopic (exact) mass is 273 g/mol. The number of aliphatic carboxylic acids is 1. The van der Waals surface area contributed by atoms with Crippen molar-refractivity contribution in [3.8, 4) is 0 Å². The molecule has 0 aromatic carbocycles. The van der Waals surface area contributed by atoms with Crippen LogP contribution < -0.4 is 16.0 Å². The van der Waals surface area contributed by atoms with E-state index < -0.39 is 30.4 Å². The third-order valence-corrected chi connectivity index (χ3v) is 2.51. The Morgan fingerprint density at radius 2 is 2.21 bits per heavy atom. The van der Waals surface area contributed by atoms with E-state index in [0.717, 1.165) is 7.11 Å². The summed E-state index contributed by atoms with van der Waals surface area (Å²) in [5.41, 5.74) is 0. The van der Waals surface area contributed by atoms with Gasteiger partial charge >= 0.3 is 18.0 Å². The molecule has 0 aromatic heterocycles. The number of carboxylic acids is 1. The molecule has 0 spiro atoms. The van der Waals surface area contributed by atoms with Crippen LogP contribution in [0.1, 0.15) is 12.8 Å². The maximum atomic E-state index is 11.5. The van der Waals surface area contributed by atoms with Crippen LogP contribution in [0.4, 0.5) is 4.79 Å². The maximum Gasteiger partial charge on any atom is 0.326 e. The number of urea groups is 1. The summed E-state index contributed by atoms with van der Waals surface area (Å²) < 4.78 is 4.33. The SMILES string of the molecule is COC(=O)C[C@H](NC(=O)NC1CNC(=O)C1)C(=O)O. The molecule has 19 heavy (non-hydrogen) atoms. The predicted molar refractivity (Wildman–Crippen MR) is 61.1 cm³/mol. The largest absolute Gasteiger partial charge is 0.480 e. The van der Waals surface area contributed by atoms with Gasteiger partial charge in [0.05, 0.1) is 19.6 Å². The molecule has 4 N–H and O–H groups in total. The molecule has 3 amide bonds. The average molecular weight is 273 g/mol. The summed E-state index contributed by atoms with van der Waals surface area (Å²) in [5.74, 6) is -2.28. The smallest absolute Gasteiger partial charge is 0.326 e. The highest BCUT2D eigenvalue weighted by molar-refractivity contribution is 5.87. The number of rotatable bonds is 5. The van der Waals surface area contributed by atoms with E-state index in [9.17, 15) is 19.2 Å². The third kappa shape index (κ3) is 4.82. The van der Waals surface area contributed by atoms with Crippen LogP contribution in [0, 0.1) is 0 Å². The normalized spacial score (nSPS) is 19.2. The first kappa shape index (κ1) is 14.7. The van der Waals surface area contributed by atoms with E-state index in [0.29, 0.717) is 6.54 Å². The fourth-order valence-electron chi connectivity index (χ4n) is 1.54. The van der Waals surface area contributed by atoms with E-state index in [4.69, 9.17) is 5.11 Å². The summed E-state index contributed by atoms with van der Waals surface area (Å²) >= 11 is 0. The second kappa shape index (κ2) is 6.57. The van der Waals surface area contributed by atoms with Gasteiger partial charge in [-0.2, -0.15) is 0 Å². The van der Waals surface area contributed by atoms with Crippen molar-refractivity contribution in [3.05, 3.63) is 0 Å². The molecule has 106 valence electrons. The molecule has 1 saturated heterocycles. The van der Waals surface area contributed by atoms with Gasteiger partial charge in [-0.1, -0.05) is 0 Å². The van der Waals surface area contributed by atoms with Gasteiger partial charge in [0.2, 0.25) is 5.91 Å². The van der Waals surface area contributed by atoms with E-state index in [1.807, 2.05) is 0 Å². The molecule has 9 heteroatoms. The van der Waals surface area contributed by atoms with E-state index in [-0.39, 0.29) is 18.4 Å². The second-order valence-corrected chi connectivity index (χ2v) is 3.99. The number of methoxy groups -OCH3 is 1. The lowest BCUT2D eigenvalue weighted by molar-refractivity contribution is -0.147. The molecule has 0 aliphatic carbocycles. The molecular weight excluding hydrogens is 258 g/mol. The standard InChI is InChI=1S/C10H15N3O6/c1-19-8(15)3-6(9(16)17)13-10(18)12-5-2-7(14)11-4-5/h5-6H,2-4H2,1H3,(H,11,14)(H,16,17)(H2,12,13,18)/t5?,6-/m0/s1. The van der Waals surface area contributed by atoms with Gasteiger partial charge in [-0.15, -0.1) is 0 Å². The van der Waals surface area contributed by atoms with E-state index in [2.05, 4.69) is 20.7 Å². The van der Waals surface area contributed by atoms with E-state index in [1.54, 1.807) is 0 Å². The molecule has 1 rings (SSSR count). The Kier molecular flexibility index (Phi) is 5.10. The topological polar surface area (TPSA) is 134 Å². The third-order valence-electron chi connectivity index (χ3n) is 2.51. The minimum absolute atomic E-state index is 0.141. The lowest BCUT2D eigenvalue weighted by atomic mass is 10.2. The van der Waals surface area contributed by atoms with Crippen molar-refractivity contribution in [1.29, 1.82) is 0 Å². The van der Waals surface area contributed by atoms with Crippen LogP contribution in [0.2, 0.25) is 0 Å². The summed E-state index contributed by atoms with van der Waals surface area (Å²) in [4.78, 5) is 44.3. The fourth-order valence-corrected chi connectivity index (χ4v) is 1.54. The summed E-state index contributed by atoms with van der Waals surface area (Å²) in [6.45, 7) is 0.293. The highest BCUT2D eigenvalue weighted by Crippen LogP contribution is 2.00. The van der Waals surface area contributed by atoms with Crippen molar-refractivity contribution in [2.24, 2.45) is 0 Å². The number of ether oxygens (including phenoxy) is 1. The van der Waals surface area contributed by atoms with E-state index >= 15 is 0 Å². The van der Waals surface area contributed by atoms with Crippen LogP contribution in [-0.4, -0.2) is 54.7 Å². The van der Waals surface area contributed by atoms with Gasteiger partial charge in [0.25, 0.3) is 0 Å². The number of carbonyl (C=O) groups excluding carboxylic acids is 3. The number of carbonyl (C=O) groups is 4. The molecule has 0 saturated carbocycles. The summed E-state index contributed by atoms with van der Waals surface area (Å²) in [7, 11) is 1.12. The first-order valence-electron chi connectivity index (χ1n) is 5.55.